The fraction of sp³-hybridized carbons (Fsp3) is 0.423. The molecule has 1 fully saturated rings. The summed E-state index contributed by atoms with van der Waals surface area (Å²) in [7, 11) is 0. The fourth-order valence-corrected chi connectivity index (χ4v) is 4.82. The molecule has 1 N–H and O–H groups in total. The monoisotopic (exact) mass is 540 g/mol. The molecule has 1 aromatic carbocycles. The Morgan fingerprint density at radius 1 is 1.00 bits per heavy atom. The van der Waals surface area contributed by atoms with Crippen LogP contribution in [-0.4, -0.2) is 41.5 Å². The second kappa shape index (κ2) is 10.3. The van der Waals surface area contributed by atoms with Crippen molar-refractivity contribution in [3.05, 3.63) is 64.8 Å². The molecule has 0 aliphatic carbocycles. The van der Waals surface area contributed by atoms with E-state index >= 15 is 0 Å². The molecular weight excluding hydrogens is 514 g/mol. The molecule has 6 nitrogen and oxygen atoms in total. The predicted octanol–water partition coefficient (Wildman–Crippen LogP) is 6.16. The molecule has 2 aromatic heterocycles. The van der Waals surface area contributed by atoms with Gasteiger partial charge >= 0.3 is 12.4 Å². The van der Waals surface area contributed by atoms with Gasteiger partial charge in [-0.3, -0.25) is 9.78 Å². The van der Waals surface area contributed by atoms with Gasteiger partial charge in [0.25, 0.3) is 5.91 Å². The number of anilines is 1. The number of aromatic nitrogens is 2. The van der Waals surface area contributed by atoms with Crippen molar-refractivity contribution >= 4 is 11.6 Å². The fourth-order valence-electron chi connectivity index (χ4n) is 4.82. The maximum atomic E-state index is 13.7. The molecule has 3 heterocycles. The number of alkyl halides is 6. The molecule has 1 amide bonds. The SMILES string of the molecule is Cc1cc(-c2c(CNC(=O)c3cc(C)on3)cccc2N2C[C@H](C(F)(F)F)C[C@H](C(F)(F)F)C2)cc(C)n1. The van der Waals surface area contributed by atoms with Crippen molar-refractivity contribution in [2.75, 3.05) is 18.0 Å². The van der Waals surface area contributed by atoms with Crippen molar-refractivity contribution in [3.8, 4) is 11.1 Å². The van der Waals surface area contributed by atoms with Gasteiger partial charge in [-0.15, -0.1) is 0 Å². The van der Waals surface area contributed by atoms with Crippen molar-refractivity contribution in [1.82, 2.24) is 15.5 Å². The number of hydrogen-bond donors (Lipinski definition) is 1. The summed E-state index contributed by atoms with van der Waals surface area (Å²) < 4.78 is 87.2. The number of hydrogen-bond acceptors (Lipinski definition) is 5. The van der Waals surface area contributed by atoms with Gasteiger partial charge in [-0.2, -0.15) is 26.3 Å². The van der Waals surface area contributed by atoms with Gasteiger partial charge in [0.1, 0.15) is 5.76 Å². The summed E-state index contributed by atoms with van der Waals surface area (Å²) in [4.78, 5) is 18.1. The van der Waals surface area contributed by atoms with Crippen LogP contribution in [0.1, 0.15) is 39.6 Å². The molecule has 12 heteroatoms. The number of piperidine rings is 1. The summed E-state index contributed by atoms with van der Waals surface area (Å²) in [6.07, 6.45) is -10.6. The largest absolute Gasteiger partial charge is 0.393 e. The van der Waals surface area contributed by atoms with Crippen LogP contribution in [-0.2, 0) is 6.54 Å². The topological polar surface area (TPSA) is 71.3 Å². The highest BCUT2D eigenvalue weighted by Gasteiger charge is 2.51. The predicted molar refractivity (Wildman–Crippen MR) is 127 cm³/mol. The third-order valence-electron chi connectivity index (χ3n) is 6.52. The van der Waals surface area contributed by atoms with E-state index in [0.29, 0.717) is 33.8 Å². The zero-order chi connectivity index (χ0) is 27.8. The number of halogens is 6. The number of nitrogens with zero attached hydrogens (tertiary/aromatic N) is 3. The quantitative estimate of drug-likeness (QED) is 0.393. The van der Waals surface area contributed by atoms with E-state index in [1.807, 2.05) is 0 Å². The maximum absolute atomic E-state index is 13.7. The smallest absolute Gasteiger partial charge is 0.370 e. The van der Waals surface area contributed by atoms with Gasteiger partial charge in [-0.25, -0.2) is 0 Å². The first-order chi connectivity index (χ1) is 17.7. The Morgan fingerprint density at radius 3 is 2.13 bits per heavy atom. The van der Waals surface area contributed by atoms with E-state index in [2.05, 4.69) is 15.5 Å². The molecule has 1 aliphatic heterocycles. The first-order valence-electron chi connectivity index (χ1n) is 11.9. The average molecular weight is 541 g/mol. The highest BCUT2D eigenvalue weighted by molar-refractivity contribution is 5.92. The zero-order valence-electron chi connectivity index (χ0n) is 20.9. The van der Waals surface area contributed by atoms with Crippen LogP contribution in [0.4, 0.5) is 32.0 Å². The summed E-state index contributed by atoms with van der Waals surface area (Å²) in [6.45, 7) is 3.84. The van der Waals surface area contributed by atoms with Gasteiger partial charge in [0.15, 0.2) is 5.69 Å². The van der Waals surface area contributed by atoms with Crippen molar-refractivity contribution in [2.45, 2.75) is 46.1 Å². The number of benzene rings is 1. The minimum absolute atomic E-state index is 0.0480. The number of rotatable bonds is 5. The first kappa shape index (κ1) is 27.5. The first-order valence-corrected chi connectivity index (χ1v) is 11.9. The summed E-state index contributed by atoms with van der Waals surface area (Å²) in [5.41, 5.74) is 3.05. The Kier molecular flexibility index (Phi) is 7.44. The summed E-state index contributed by atoms with van der Waals surface area (Å²) in [5, 5.41) is 6.38. The second-order valence-corrected chi connectivity index (χ2v) is 9.57. The van der Waals surface area contributed by atoms with Crippen molar-refractivity contribution in [1.29, 1.82) is 0 Å². The van der Waals surface area contributed by atoms with E-state index in [1.54, 1.807) is 45.0 Å². The lowest BCUT2D eigenvalue weighted by Gasteiger charge is -2.41. The van der Waals surface area contributed by atoms with E-state index in [1.165, 1.54) is 12.1 Å². The molecule has 0 spiro atoms. The molecule has 204 valence electrons. The van der Waals surface area contributed by atoms with Crippen molar-refractivity contribution in [2.24, 2.45) is 11.8 Å². The number of carbonyl (C=O) groups excluding carboxylic acids is 1. The number of nitrogens with one attached hydrogen (secondary N) is 1. The van der Waals surface area contributed by atoms with E-state index in [0.717, 1.165) is 4.90 Å². The third kappa shape index (κ3) is 6.11. The molecule has 1 aliphatic rings. The van der Waals surface area contributed by atoms with E-state index in [4.69, 9.17) is 4.52 Å². The van der Waals surface area contributed by atoms with Gasteiger partial charge < -0.3 is 14.7 Å². The molecule has 0 unspecified atom stereocenters. The summed E-state index contributed by atoms with van der Waals surface area (Å²) >= 11 is 0. The van der Waals surface area contributed by atoms with Crippen LogP contribution in [0.2, 0.25) is 0 Å². The molecule has 0 radical (unpaired) electrons. The Balaban J connectivity index is 1.78. The van der Waals surface area contributed by atoms with Gasteiger partial charge in [0, 0.05) is 48.3 Å². The van der Waals surface area contributed by atoms with Gasteiger partial charge in [-0.1, -0.05) is 17.3 Å². The van der Waals surface area contributed by atoms with E-state index < -0.39 is 49.6 Å². The lowest BCUT2D eigenvalue weighted by Crippen LogP contribution is -2.49. The normalized spacial score (nSPS) is 18.5. The van der Waals surface area contributed by atoms with Crippen LogP contribution in [0.25, 0.3) is 11.1 Å². The standard InChI is InChI=1S/C26H26F6N4O2/c1-14-7-18(8-15(2)34-14)23-17(11-33-24(37)21-9-16(3)38-35-21)5-4-6-22(23)36-12-19(25(27,28)29)10-20(13-36)26(30,31)32/h4-9,19-20H,10-13H2,1-3H3,(H,33,37)/t19-,20+. The Bertz CT molecular complexity index is 1280. The highest BCUT2D eigenvalue weighted by Crippen LogP contribution is 2.45. The van der Waals surface area contributed by atoms with Crippen LogP contribution in [0.15, 0.2) is 40.9 Å². The van der Waals surface area contributed by atoms with Gasteiger partial charge in [0.2, 0.25) is 0 Å². The van der Waals surface area contributed by atoms with Crippen molar-refractivity contribution < 1.29 is 35.7 Å². The van der Waals surface area contributed by atoms with Crippen LogP contribution < -0.4 is 10.2 Å². The molecule has 3 aromatic rings. The Labute approximate surface area is 215 Å². The minimum atomic E-state index is -4.78. The zero-order valence-corrected chi connectivity index (χ0v) is 20.9. The molecule has 2 atom stereocenters. The molecule has 0 saturated carbocycles. The van der Waals surface area contributed by atoms with Gasteiger partial charge in [0.05, 0.1) is 11.8 Å². The molecule has 38 heavy (non-hydrogen) atoms. The lowest BCUT2D eigenvalue weighted by atomic mass is 9.86. The minimum Gasteiger partial charge on any atom is -0.370 e. The lowest BCUT2D eigenvalue weighted by molar-refractivity contribution is -0.214. The van der Waals surface area contributed by atoms with Crippen LogP contribution >= 0.6 is 0 Å². The summed E-state index contributed by atoms with van der Waals surface area (Å²) in [5.74, 6) is -4.39. The van der Waals surface area contributed by atoms with Crippen LogP contribution in [0.5, 0.6) is 0 Å². The van der Waals surface area contributed by atoms with Crippen LogP contribution in [0, 0.1) is 32.6 Å². The Morgan fingerprint density at radius 2 is 1.61 bits per heavy atom. The van der Waals surface area contributed by atoms with Crippen LogP contribution in [0.3, 0.4) is 0 Å². The van der Waals surface area contributed by atoms with E-state index in [-0.39, 0.29) is 17.9 Å². The van der Waals surface area contributed by atoms with E-state index in [9.17, 15) is 31.1 Å². The Hall–Kier alpha value is -3.57. The highest BCUT2D eigenvalue weighted by atomic mass is 19.4. The molecular formula is C26H26F6N4O2. The second-order valence-electron chi connectivity index (χ2n) is 9.57. The third-order valence-corrected chi connectivity index (χ3v) is 6.52. The van der Waals surface area contributed by atoms with Gasteiger partial charge in [-0.05, 0) is 56.5 Å². The number of pyridine rings is 1. The average Bonchev–Trinajstić information content (AvgIpc) is 3.26. The molecule has 0 bridgehead atoms. The number of amides is 1. The number of carbonyl (C=O) groups is 1. The number of aryl methyl sites for hydroxylation is 3. The molecule has 4 rings (SSSR count). The summed E-state index contributed by atoms with van der Waals surface area (Å²) in [6, 6.07) is 9.62. The molecule has 1 saturated heterocycles. The van der Waals surface area contributed by atoms with Crippen molar-refractivity contribution in [3.63, 3.8) is 0 Å². The maximum Gasteiger partial charge on any atom is 0.393 e.